The number of hydrogen-bond donors (Lipinski definition) is 2. The predicted octanol–water partition coefficient (Wildman–Crippen LogP) is 0.711. The van der Waals surface area contributed by atoms with E-state index in [2.05, 4.69) is 10.3 Å². The number of guanidine groups is 1. The van der Waals surface area contributed by atoms with Gasteiger partial charge in [0.05, 0.1) is 0 Å². The first kappa shape index (κ1) is 8.37. The number of nitrogens with zero attached hydrogens (tertiary/aromatic N) is 1. The van der Waals surface area contributed by atoms with Crippen molar-refractivity contribution in [3.8, 4) is 0 Å². The largest absolute Gasteiger partial charge is 0.370 e. The number of nitrogens with two attached hydrogens (primary N) is 1. The molecule has 0 atom stereocenters. The van der Waals surface area contributed by atoms with Gasteiger partial charge in [-0.15, -0.1) is 0 Å². The van der Waals surface area contributed by atoms with Gasteiger partial charge in [-0.3, -0.25) is 4.99 Å². The molecule has 0 radical (unpaired) electrons. The summed E-state index contributed by atoms with van der Waals surface area (Å²) in [7, 11) is 0. The number of aliphatic imine (C=N–C) groups is 1. The molecule has 0 aliphatic heterocycles. The van der Waals surface area contributed by atoms with E-state index in [4.69, 9.17) is 5.73 Å². The highest BCUT2D eigenvalue weighted by atomic mass is 15.1. The van der Waals surface area contributed by atoms with E-state index >= 15 is 0 Å². The van der Waals surface area contributed by atoms with E-state index in [0.29, 0.717) is 5.96 Å². The third kappa shape index (κ3) is 2.78. The second-order valence-corrected chi connectivity index (χ2v) is 3.05. The highest BCUT2D eigenvalue weighted by molar-refractivity contribution is 5.77. The van der Waals surface area contributed by atoms with E-state index < -0.39 is 0 Å². The van der Waals surface area contributed by atoms with Gasteiger partial charge < -0.3 is 11.1 Å². The minimum absolute atomic E-state index is 0.597. The summed E-state index contributed by atoms with van der Waals surface area (Å²) >= 11 is 0. The average molecular weight is 155 g/mol. The van der Waals surface area contributed by atoms with Crippen molar-refractivity contribution in [1.82, 2.24) is 5.32 Å². The first-order chi connectivity index (χ1) is 5.33. The van der Waals surface area contributed by atoms with Crippen LogP contribution in [0.4, 0.5) is 0 Å². The predicted molar refractivity (Wildman–Crippen MR) is 47.5 cm³/mol. The maximum Gasteiger partial charge on any atom is 0.188 e. The summed E-state index contributed by atoms with van der Waals surface area (Å²) in [6.07, 6.45) is 4.05. The summed E-state index contributed by atoms with van der Waals surface area (Å²) in [6, 6.07) is 0. The molecule has 0 aromatic rings. The molecule has 1 saturated carbocycles. The third-order valence-electron chi connectivity index (χ3n) is 2.10. The number of hydrogen-bond acceptors (Lipinski definition) is 1. The van der Waals surface area contributed by atoms with Crippen molar-refractivity contribution in [1.29, 1.82) is 0 Å². The Morgan fingerprint density at radius 1 is 1.64 bits per heavy atom. The van der Waals surface area contributed by atoms with Gasteiger partial charge in [0.15, 0.2) is 5.96 Å². The fourth-order valence-electron chi connectivity index (χ4n) is 1.14. The Kier molecular flexibility index (Phi) is 3.20. The molecular weight excluding hydrogens is 138 g/mol. The van der Waals surface area contributed by atoms with Crippen LogP contribution in [0.25, 0.3) is 0 Å². The molecule has 0 aromatic carbocycles. The van der Waals surface area contributed by atoms with Gasteiger partial charge in [0.1, 0.15) is 0 Å². The molecule has 1 fully saturated rings. The summed E-state index contributed by atoms with van der Waals surface area (Å²) in [5, 5.41) is 2.98. The smallest absolute Gasteiger partial charge is 0.188 e. The van der Waals surface area contributed by atoms with Crippen molar-refractivity contribution in [2.75, 3.05) is 13.1 Å². The molecule has 0 amide bonds. The number of rotatable bonds is 3. The highest BCUT2D eigenvalue weighted by Gasteiger charge is 2.16. The lowest BCUT2D eigenvalue weighted by Gasteiger charge is -2.23. The molecule has 0 heterocycles. The van der Waals surface area contributed by atoms with Crippen molar-refractivity contribution in [3.05, 3.63) is 0 Å². The normalized spacial score (nSPS) is 19.5. The zero-order valence-electron chi connectivity index (χ0n) is 7.14. The molecule has 0 unspecified atom stereocenters. The molecule has 0 spiro atoms. The van der Waals surface area contributed by atoms with Gasteiger partial charge >= 0.3 is 0 Å². The van der Waals surface area contributed by atoms with Crippen LogP contribution in [-0.4, -0.2) is 19.0 Å². The molecule has 0 aromatic heterocycles. The molecule has 0 bridgehead atoms. The van der Waals surface area contributed by atoms with Crippen LogP contribution in [-0.2, 0) is 0 Å². The van der Waals surface area contributed by atoms with Crippen LogP contribution in [0, 0.1) is 5.92 Å². The highest BCUT2D eigenvalue weighted by Crippen LogP contribution is 2.25. The Labute approximate surface area is 68.1 Å². The van der Waals surface area contributed by atoms with Crippen LogP contribution in [0.15, 0.2) is 4.99 Å². The van der Waals surface area contributed by atoms with Gasteiger partial charge in [-0.05, 0) is 25.7 Å². The molecule has 64 valence electrons. The Bertz CT molecular complexity index is 138. The van der Waals surface area contributed by atoms with Crippen molar-refractivity contribution < 1.29 is 0 Å². The Balaban J connectivity index is 2.10. The number of nitrogens with one attached hydrogen (secondary N) is 1. The molecule has 3 heteroatoms. The van der Waals surface area contributed by atoms with E-state index in [0.717, 1.165) is 19.0 Å². The van der Waals surface area contributed by atoms with Crippen LogP contribution in [0.2, 0.25) is 0 Å². The van der Waals surface area contributed by atoms with E-state index in [9.17, 15) is 0 Å². The van der Waals surface area contributed by atoms with Crippen LogP contribution in [0.5, 0.6) is 0 Å². The lowest BCUT2D eigenvalue weighted by molar-refractivity contribution is 0.326. The summed E-state index contributed by atoms with van der Waals surface area (Å²) in [5.41, 5.74) is 5.55. The summed E-state index contributed by atoms with van der Waals surface area (Å²) in [5.74, 6) is 1.41. The molecule has 1 rings (SSSR count). The summed E-state index contributed by atoms with van der Waals surface area (Å²) in [4.78, 5) is 4.22. The lowest BCUT2D eigenvalue weighted by Crippen LogP contribution is -2.32. The molecule has 11 heavy (non-hydrogen) atoms. The van der Waals surface area contributed by atoms with Crippen LogP contribution in [0.3, 0.4) is 0 Å². The van der Waals surface area contributed by atoms with Crippen molar-refractivity contribution in [2.24, 2.45) is 16.6 Å². The van der Waals surface area contributed by atoms with Gasteiger partial charge in [-0.1, -0.05) is 6.42 Å². The molecule has 3 nitrogen and oxygen atoms in total. The second-order valence-electron chi connectivity index (χ2n) is 3.05. The van der Waals surface area contributed by atoms with Crippen molar-refractivity contribution >= 4 is 5.96 Å². The topological polar surface area (TPSA) is 50.4 Å². The van der Waals surface area contributed by atoms with Crippen molar-refractivity contribution in [2.45, 2.75) is 26.2 Å². The molecule has 1 aliphatic rings. The van der Waals surface area contributed by atoms with Gasteiger partial charge in [0.2, 0.25) is 0 Å². The molecule has 1 aliphatic carbocycles. The van der Waals surface area contributed by atoms with E-state index in [1.165, 1.54) is 19.3 Å². The Morgan fingerprint density at radius 2 is 2.36 bits per heavy atom. The van der Waals surface area contributed by atoms with Gasteiger partial charge in [0, 0.05) is 13.1 Å². The quantitative estimate of drug-likeness (QED) is 0.466. The lowest BCUT2D eigenvalue weighted by atomic mass is 9.86. The molecule has 0 saturated heterocycles. The maximum absolute atomic E-state index is 5.55. The zero-order valence-corrected chi connectivity index (χ0v) is 7.14. The molecular formula is C8H17N3. The minimum atomic E-state index is 0.597. The first-order valence-corrected chi connectivity index (χ1v) is 4.36. The van der Waals surface area contributed by atoms with Gasteiger partial charge in [-0.2, -0.15) is 0 Å². The SMILES string of the molecule is CCNC(N)=NCC1CCC1. The van der Waals surface area contributed by atoms with E-state index in [1.807, 2.05) is 6.92 Å². The minimum Gasteiger partial charge on any atom is -0.370 e. The van der Waals surface area contributed by atoms with Gasteiger partial charge in [0.25, 0.3) is 0 Å². The van der Waals surface area contributed by atoms with Crippen LogP contribution in [0.1, 0.15) is 26.2 Å². The Morgan fingerprint density at radius 3 is 2.82 bits per heavy atom. The maximum atomic E-state index is 5.55. The van der Waals surface area contributed by atoms with Crippen molar-refractivity contribution in [3.63, 3.8) is 0 Å². The van der Waals surface area contributed by atoms with E-state index in [1.54, 1.807) is 0 Å². The van der Waals surface area contributed by atoms with E-state index in [-0.39, 0.29) is 0 Å². The van der Waals surface area contributed by atoms with Crippen LogP contribution >= 0.6 is 0 Å². The second kappa shape index (κ2) is 4.21. The van der Waals surface area contributed by atoms with Crippen LogP contribution < -0.4 is 11.1 Å². The first-order valence-electron chi connectivity index (χ1n) is 4.36. The average Bonchev–Trinajstić information content (AvgIpc) is 1.85. The van der Waals surface area contributed by atoms with Gasteiger partial charge in [-0.25, -0.2) is 0 Å². The molecule has 3 N–H and O–H groups in total. The monoisotopic (exact) mass is 155 g/mol. The zero-order chi connectivity index (χ0) is 8.10. The Hall–Kier alpha value is -0.730. The standard InChI is InChI=1S/C8H17N3/c1-2-10-8(9)11-6-7-4-3-5-7/h7H,2-6H2,1H3,(H3,9,10,11). The summed E-state index contributed by atoms with van der Waals surface area (Å²) in [6.45, 7) is 3.80. The third-order valence-corrected chi connectivity index (χ3v) is 2.10. The fraction of sp³-hybridized carbons (Fsp3) is 0.875. The fourth-order valence-corrected chi connectivity index (χ4v) is 1.14. The summed E-state index contributed by atoms with van der Waals surface area (Å²) < 4.78 is 0.